The minimum Gasteiger partial charge on any atom is -0.399 e. The SMILES string of the molecule is CC(=O)c1cc(C2CC2)cnc1Cc1ccc2ccn(C(C)C)c2c1.CC(C)n1ccc2ccc(N)cc21. The van der Waals surface area contributed by atoms with Crippen LogP contribution in [-0.4, -0.2) is 19.9 Å². The number of carbonyl (C=O) groups is 1. The Balaban J connectivity index is 0.000000190. The summed E-state index contributed by atoms with van der Waals surface area (Å²) < 4.78 is 4.51. The molecule has 0 radical (unpaired) electrons. The molecule has 0 amide bonds. The van der Waals surface area contributed by atoms with E-state index >= 15 is 0 Å². The van der Waals surface area contributed by atoms with Crippen LogP contribution >= 0.6 is 0 Å². The van der Waals surface area contributed by atoms with Crippen molar-refractivity contribution in [1.82, 2.24) is 14.1 Å². The predicted molar refractivity (Wildman–Crippen MR) is 158 cm³/mol. The van der Waals surface area contributed by atoms with Crippen LogP contribution in [0.15, 0.2) is 73.2 Å². The number of pyridine rings is 1. The lowest BCUT2D eigenvalue weighted by Gasteiger charge is -2.12. The van der Waals surface area contributed by atoms with Gasteiger partial charge in [0.05, 0.1) is 11.2 Å². The second kappa shape index (κ2) is 10.5. The number of nitrogen functional groups attached to an aromatic ring is 1. The van der Waals surface area contributed by atoms with E-state index in [1.165, 1.54) is 45.8 Å². The van der Waals surface area contributed by atoms with Crippen LogP contribution in [0.4, 0.5) is 5.69 Å². The molecule has 0 spiro atoms. The summed E-state index contributed by atoms with van der Waals surface area (Å²) in [4.78, 5) is 16.8. The van der Waals surface area contributed by atoms with Gasteiger partial charge < -0.3 is 14.9 Å². The van der Waals surface area contributed by atoms with Crippen LogP contribution in [0.1, 0.15) is 92.6 Å². The molecule has 0 saturated heterocycles. The molecule has 3 heterocycles. The maximum absolute atomic E-state index is 12.1. The fourth-order valence-corrected chi connectivity index (χ4v) is 5.16. The molecule has 0 aliphatic heterocycles. The summed E-state index contributed by atoms with van der Waals surface area (Å²) in [5.41, 5.74) is 13.1. The molecule has 5 heteroatoms. The summed E-state index contributed by atoms with van der Waals surface area (Å²) in [6, 6.07) is 19.8. The first-order valence-electron chi connectivity index (χ1n) is 13.7. The first kappa shape index (κ1) is 25.8. The molecule has 2 aromatic carbocycles. The molecule has 2 N–H and O–H groups in total. The highest BCUT2D eigenvalue weighted by Crippen LogP contribution is 2.40. The number of benzene rings is 2. The molecule has 38 heavy (non-hydrogen) atoms. The largest absolute Gasteiger partial charge is 0.399 e. The van der Waals surface area contributed by atoms with Crippen molar-refractivity contribution in [3.63, 3.8) is 0 Å². The van der Waals surface area contributed by atoms with Gasteiger partial charge in [-0.1, -0.05) is 18.2 Å². The lowest BCUT2D eigenvalue weighted by molar-refractivity contribution is 0.101. The van der Waals surface area contributed by atoms with Gasteiger partial charge in [0.25, 0.3) is 0 Å². The topological polar surface area (TPSA) is 65.8 Å². The van der Waals surface area contributed by atoms with Crippen molar-refractivity contribution < 1.29 is 4.79 Å². The zero-order valence-electron chi connectivity index (χ0n) is 23.1. The highest BCUT2D eigenvalue weighted by Gasteiger charge is 2.25. The van der Waals surface area contributed by atoms with Gasteiger partial charge in [0.2, 0.25) is 0 Å². The standard InChI is InChI=1S/C22H24N2O.C11H14N2/c1-14(2)24-9-8-18-5-4-16(11-22(18)24)10-21-20(15(3)25)12-19(13-23-21)17-6-7-17;1-8(2)13-6-5-9-3-4-10(12)7-11(9)13/h4-5,8-9,11-14,17H,6-7,10H2,1-3H3;3-8H,12H2,1-2H3. The van der Waals surface area contributed by atoms with Crippen LogP contribution in [0.5, 0.6) is 0 Å². The second-order valence-electron chi connectivity index (χ2n) is 11.1. The van der Waals surface area contributed by atoms with Gasteiger partial charge >= 0.3 is 0 Å². The van der Waals surface area contributed by atoms with Gasteiger partial charge in [-0.15, -0.1) is 0 Å². The molecule has 0 bridgehead atoms. The van der Waals surface area contributed by atoms with Gasteiger partial charge in [-0.2, -0.15) is 0 Å². The molecule has 0 unspecified atom stereocenters. The number of ketones is 1. The van der Waals surface area contributed by atoms with E-state index in [0.29, 0.717) is 24.4 Å². The third kappa shape index (κ3) is 5.38. The van der Waals surface area contributed by atoms with Gasteiger partial charge in [0.15, 0.2) is 5.78 Å². The fourth-order valence-electron chi connectivity index (χ4n) is 5.16. The molecule has 5 aromatic rings. The highest BCUT2D eigenvalue weighted by atomic mass is 16.1. The summed E-state index contributed by atoms with van der Waals surface area (Å²) in [6.07, 6.45) is 9.36. The van der Waals surface area contributed by atoms with Gasteiger partial charge in [0.1, 0.15) is 0 Å². The van der Waals surface area contributed by atoms with Crippen molar-refractivity contribution in [1.29, 1.82) is 0 Å². The first-order valence-corrected chi connectivity index (χ1v) is 13.7. The number of carbonyl (C=O) groups excluding carboxylic acids is 1. The van der Waals surface area contributed by atoms with Crippen LogP contribution < -0.4 is 5.73 Å². The average molecular weight is 507 g/mol. The van der Waals surface area contributed by atoms with Crippen LogP contribution in [0.25, 0.3) is 21.8 Å². The summed E-state index contributed by atoms with van der Waals surface area (Å²) >= 11 is 0. The fraction of sp³-hybridized carbons (Fsp3) is 0.333. The molecule has 1 aliphatic rings. The number of Topliss-reactive ketones (excluding diaryl/α,β-unsaturated/α-hetero) is 1. The van der Waals surface area contributed by atoms with Crippen molar-refractivity contribution in [3.8, 4) is 0 Å². The Morgan fingerprint density at radius 2 is 1.50 bits per heavy atom. The molecular formula is C33H38N4O. The van der Waals surface area contributed by atoms with Crippen LogP contribution in [-0.2, 0) is 6.42 Å². The molecule has 0 atom stereocenters. The first-order chi connectivity index (χ1) is 18.2. The zero-order chi connectivity index (χ0) is 27.0. The molecule has 1 fully saturated rings. The van der Waals surface area contributed by atoms with Crippen molar-refractivity contribution in [3.05, 3.63) is 95.6 Å². The average Bonchev–Trinajstić information content (AvgIpc) is 3.50. The van der Waals surface area contributed by atoms with E-state index in [9.17, 15) is 4.79 Å². The van der Waals surface area contributed by atoms with Crippen molar-refractivity contribution in [2.75, 3.05) is 5.73 Å². The van der Waals surface area contributed by atoms with Crippen LogP contribution in [0.3, 0.4) is 0 Å². The number of rotatable bonds is 6. The summed E-state index contributed by atoms with van der Waals surface area (Å²) in [6.45, 7) is 10.4. The Morgan fingerprint density at radius 3 is 2.08 bits per heavy atom. The predicted octanol–water partition coefficient (Wildman–Crippen LogP) is 8.09. The number of nitrogens with two attached hydrogens (primary N) is 1. The molecule has 6 rings (SSSR count). The summed E-state index contributed by atoms with van der Waals surface area (Å²) in [5.74, 6) is 0.724. The molecule has 1 saturated carbocycles. The highest BCUT2D eigenvalue weighted by molar-refractivity contribution is 5.95. The lowest BCUT2D eigenvalue weighted by atomic mass is 9.99. The monoisotopic (exact) mass is 506 g/mol. The van der Waals surface area contributed by atoms with Crippen LogP contribution in [0.2, 0.25) is 0 Å². The molecule has 1 aliphatic carbocycles. The number of aromatic nitrogens is 3. The summed E-state index contributed by atoms with van der Waals surface area (Å²) in [5, 5.41) is 2.50. The Labute approximate surface area is 225 Å². The number of nitrogens with zero attached hydrogens (tertiary/aromatic N) is 3. The maximum Gasteiger partial charge on any atom is 0.161 e. The molecular weight excluding hydrogens is 468 g/mol. The summed E-state index contributed by atoms with van der Waals surface area (Å²) in [7, 11) is 0. The second-order valence-corrected chi connectivity index (χ2v) is 11.1. The number of anilines is 1. The van der Waals surface area contributed by atoms with E-state index in [1.807, 2.05) is 18.3 Å². The normalized spacial score (nSPS) is 13.3. The van der Waals surface area contributed by atoms with Crippen molar-refractivity contribution in [2.24, 2.45) is 0 Å². The van der Waals surface area contributed by atoms with Gasteiger partial charge in [0, 0.05) is 53.9 Å². The molecule has 196 valence electrons. The third-order valence-electron chi connectivity index (χ3n) is 7.44. The van der Waals surface area contributed by atoms with E-state index in [-0.39, 0.29) is 5.78 Å². The molecule has 3 aromatic heterocycles. The van der Waals surface area contributed by atoms with Crippen LogP contribution in [0, 0.1) is 0 Å². The maximum atomic E-state index is 12.1. The van der Waals surface area contributed by atoms with Gasteiger partial charge in [-0.25, -0.2) is 0 Å². The Hall–Kier alpha value is -3.86. The molecule has 5 nitrogen and oxygen atoms in total. The van der Waals surface area contributed by atoms with Gasteiger partial charge in [-0.3, -0.25) is 9.78 Å². The number of hydrogen-bond donors (Lipinski definition) is 1. The minimum absolute atomic E-state index is 0.108. The van der Waals surface area contributed by atoms with Crippen molar-refractivity contribution >= 4 is 33.3 Å². The smallest absolute Gasteiger partial charge is 0.161 e. The van der Waals surface area contributed by atoms with E-state index in [4.69, 9.17) is 5.73 Å². The van der Waals surface area contributed by atoms with E-state index in [0.717, 1.165) is 16.9 Å². The van der Waals surface area contributed by atoms with Gasteiger partial charge in [-0.05, 0) is 112 Å². The zero-order valence-corrected chi connectivity index (χ0v) is 23.1. The minimum atomic E-state index is 0.108. The Morgan fingerprint density at radius 1 is 0.895 bits per heavy atom. The Bertz CT molecular complexity index is 1600. The van der Waals surface area contributed by atoms with Crippen molar-refractivity contribution in [2.45, 2.75) is 71.9 Å². The lowest BCUT2D eigenvalue weighted by Crippen LogP contribution is -2.05. The number of fused-ring (bicyclic) bond motifs is 2. The van der Waals surface area contributed by atoms with E-state index < -0.39 is 0 Å². The number of hydrogen-bond acceptors (Lipinski definition) is 3. The quantitative estimate of drug-likeness (QED) is 0.187. The van der Waals surface area contributed by atoms with E-state index in [2.05, 4.69) is 96.7 Å². The third-order valence-corrected chi connectivity index (χ3v) is 7.44. The van der Waals surface area contributed by atoms with E-state index in [1.54, 1.807) is 6.92 Å². The Kier molecular flexibility index (Phi) is 7.11.